The van der Waals surface area contributed by atoms with E-state index in [4.69, 9.17) is 0 Å². The van der Waals surface area contributed by atoms with Gasteiger partial charge in [0, 0.05) is 45.3 Å². The molecule has 1 saturated carbocycles. The first-order valence-corrected chi connectivity index (χ1v) is 9.54. The van der Waals surface area contributed by atoms with Crippen molar-refractivity contribution in [1.82, 2.24) is 19.6 Å². The maximum atomic E-state index is 12.8. The Hall–Kier alpha value is -1.85. The van der Waals surface area contributed by atoms with Gasteiger partial charge in [0.1, 0.15) is 0 Å². The Morgan fingerprint density at radius 2 is 1.64 bits per heavy atom. The van der Waals surface area contributed by atoms with Gasteiger partial charge in [0.2, 0.25) is 5.91 Å². The third-order valence-electron chi connectivity index (χ3n) is 5.88. The van der Waals surface area contributed by atoms with Crippen molar-refractivity contribution < 1.29 is 9.59 Å². The molecular formula is C19H30N4O2. The summed E-state index contributed by atoms with van der Waals surface area (Å²) >= 11 is 0. The van der Waals surface area contributed by atoms with Gasteiger partial charge in [-0.05, 0) is 26.2 Å². The highest BCUT2D eigenvalue weighted by Gasteiger charge is 2.28. The fourth-order valence-electron chi connectivity index (χ4n) is 4.18. The fraction of sp³-hybridized carbons (Fsp3) is 0.737. The number of hydrogen-bond donors (Lipinski definition) is 0. The zero-order valence-electron chi connectivity index (χ0n) is 15.8. The molecule has 2 fully saturated rings. The second-order valence-electron chi connectivity index (χ2n) is 7.53. The normalized spacial score (nSPS) is 18.8. The molecule has 1 aromatic rings. The number of aromatic nitrogens is 2. The average Bonchev–Trinajstić information content (AvgIpc) is 3.21. The highest BCUT2D eigenvalue weighted by Crippen LogP contribution is 2.28. The van der Waals surface area contributed by atoms with Crippen molar-refractivity contribution in [2.24, 2.45) is 13.0 Å². The molecule has 1 aromatic heterocycles. The van der Waals surface area contributed by atoms with Gasteiger partial charge in [-0.3, -0.25) is 14.3 Å². The molecule has 2 heterocycles. The molecule has 0 N–H and O–H groups in total. The minimum Gasteiger partial charge on any atom is -0.339 e. The minimum absolute atomic E-state index is 0.0427. The van der Waals surface area contributed by atoms with Crippen LogP contribution >= 0.6 is 0 Å². The molecular weight excluding hydrogens is 316 g/mol. The summed E-state index contributed by atoms with van der Waals surface area (Å²) in [5, 5.41) is 4.34. The number of carbonyl (C=O) groups excluding carboxylic acids is 2. The van der Waals surface area contributed by atoms with Crippen LogP contribution in [0, 0.1) is 19.8 Å². The quantitative estimate of drug-likeness (QED) is 0.840. The van der Waals surface area contributed by atoms with Gasteiger partial charge < -0.3 is 9.80 Å². The number of amides is 2. The minimum atomic E-state index is 0.0427. The topological polar surface area (TPSA) is 58.4 Å². The lowest BCUT2D eigenvalue weighted by atomic mass is 10.0. The van der Waals surface area contributed by atoms with Crippen molar-refractivity contribution in [1.29, 1.82) is 0 Å². The summed E-state index contributed by atoms with van der Waals surface area (Å²) in [6, 6.07) is 0. The summed E-state index contributed by atoms with van der Waals surface area (Å²) in [5.41, 5.74) is 2.39. The van der Waals surface area contributed by atoms with E-state index in [0.29, 0.717) is 38.2 Å². The second kappa shape index (κ2) is 7.58. The summed E-state index contributed by atoms with van der Waals surface area (Å²) in [4.78, 5) is 29.0. The first-order valence-electron chi connectivity index (χ1n) is 9.54. The highest BCUT2D eigenvalue weighted by atomic mass is 16.2. The molecule has 138 valence electrons. The highest BCUT2D eigenvalue weighted by molar-refractivity contribution is 5.96. The van der Waals surface area contributed by atoms with Gasteiger partial charge in [0.05, 0.1) is 11.3 Å². The molecule has 0 atom stereocenters. The van der Waals surface area contributed by atoms with E-state index in [1.54, 1.807) is 4.68 Å². The summed E-state index contributed by atoms with van der Waals surface area (Å²) in [6.07, 6.45) is 6.93. The van der Waals surface area contributed by atoms with Crippen molar-refractivity contribution >= 4 is 11.8 Å². The lowest BCUT2D eigenvalue weighted by molar-refractivity contribution is -0.133. The van der Waals surface area contributed by atoms with Crippen LogP contribution < -0.4 is 0 Å². The lowest BCUT2D eigenvalue weighted by Gasteiger charge is -2.35. The molecule has 2 amide bonds. The Balaban J connectivity index is 1.51. The lowest BCUT2D eigenvalue weighted by Crippen LogP contribution is -2.50. The molecule has 0 bridgehead atoms. The standard InChI is InChI=1S/C19H30N4O2/c1-14-18(15(2)21(3)20-14)19(25)23-12-10-22(11-13-23)17(24)9-8-16-6-4-5-7-16/h16H,4-13H2,1-3H3. The predicted molar refractivity (Wildman–Crippen MR) is 96.4 cm³/mol. The van der Waals surface area contributed by atoms with E-state index in [9.17, 15) is 9.59 Å². The monoisotopic (exact) mass is 346 g/mol. The van der Waals surface area contributed by atoms with E-state index in [0.717, 1.165) is 23.7 Å². The molecule has 3 rings (SSSR count). The molecule has 0 aromatic carbocycles. The SMILES string of the molecule is Cc1nn(C)c(C)c1C(=O)N1CCN(C(=O)CCC2CCCC2)CC1. The van der Waals surface area contributed by atoms with Crippen LogP contribution in [-0.4, -0.2) is 57.6 Å². The molecule has 0 unspecified atom stereocenters. The van der Waals surface area contributed by atoms with Crippen LogP contribution in [0.3, 0.4) is 0 Å². The Bertz CT molecular complexity index is 638. The van der Waals surface area contributed by atoms with Gasteiger partial charge in [-0.15, -0.1) is 0 Å². The van der Waals surface area contributed by atoms with Gasteiger partial charge in [-0.25, -0.2) is 0 Å². The molecule has 0 spiro atoms. The molecule has 6 nitrogen and oxygen atoms in total. The molecule has 6 heteroatoms. The molecule has 1 saturated heterocycles. The number of carbonyl (C=O) groups is 2. The van der Waals surface area contributed by atoms with Gasteiger partial charge in [0.15, 0.2) is 0 Å². The maximum Gasteiger partial charge on any atom is 0.257 e. The number of nitrogens with zero attached hydrogens (tertiary/aromatic N) is 4. The van der Waals surface area contributed by atoms with Crippen LogP contribution in [0.1, 0.15) is 60.3 Å². The van der Waals surface area contributed by atoms with Crippen molar-refractivity contribution in [3.05, 3.63) is 17.0 Å². The van der Waals surface area contributed by atoms with Crippen LogP contribution in [-0.2, 0) is 11.8 Å². The molecule has 1 aliphatic carbocycles. The zero-order chi connectivity index (χ0) is 18.0. The van der Waals surface area contributed by atoms with Crippen LogP contribution in [0.4, 0.5) is 0 Å². The Morgan fingerprint density at radius 1 is 1.04 bits per heavy atom. The summed E-state index contributed by atoms with van der Waals surface area (Å²) in [5.74, 6) is 1.05. The van der Waals surface area contributed by atoms with Gasteiger partial charge >= 0.3 is 0 Å². The van der Waals surface area contributed by atoms with E-state index in [-0.39, 0.29) is 11.8 Å². The number of piperazine rings is 1. The smallest absolute Gasteiger partial charge is 0.257 e. The number of aryl methyl sites for hydroxylation is 2. The second-order valence-corrected chi connectivity index (χ2v) is 7.53. The van der Waals surface area contributed by atoms with Crippen molar-refractivity contribution in [2.45, 2.75) is 52.4 Å². The maximum absolute atomic E-state index is 12.8. The van der Waals surface area contributed by atoms with Crippen LogP contribution in [0.2, 0.25) is 0 Å². The zero-order valence-corrected chi connectivity index (χ0v) is 15.8. The largest absolute Gasteiger partial charge is 0.339 e. The fourth-order valence-corrected chi connectivity index (χ4v) is 4.18. The van der Waals surface area contributed by atoms with E-state index >= 15 is 0 Å². The van der Waals surface area contributed by atoms with Crippen LogP contribution in [0.15, 0.2) is 0 Å². The van der Waals surface area contributed by atoms with Crippen molar-refractivity contribution in [2.75, 3.05) is 26.2 Å². The van der Waals surface area contributed by atoms with E-state index in [1.165, 1.54) is 25.7 Å². The van der Waals surface area contributed by atoms with E-state index in [1.807, 2.05) is 30.7 Å². The van der Waals surface area contributed by atoms with Gasteiger partial charge in [-0.1, -0.05) is 25.7 Å². The Morgan fingerprint density at radius 3 is 2.20 bits per heavy atom. The Labute approximate surface area is 150 Å². The van der Waals surface area contributed by atoms with Gasteiger partial charge in [-0.2, -0.15) is 5.10 Å². The van der Waals surface area contributed by atoms with Gasteiger partial charge in [0.25, 0.3) is 5.91 Å². The average molecular weight is 346 g/mol. The van der Waals surface area contributed by atoms with Crippen LogP contribution in [0.25, 0.3) is 0 Å². The number of rotatable bonds is 4. The summed E-state index contributed by atoms with van der Waals surface area (Å²) in [7, 11) is 1.86. The van der Waals surface area contributed by atoms with Crippen molar-refractivity contribution in [3.63, 3.8) is 0 Å². The third kappa shape index (κ3) is 3.88. The first kappa shape index (κ1) is 18.0. The molecule has 25 heavy (non-hydrogen) atoms. The van der Waals surface area contributed by atoms with Crippen LogP contribution in [0.5, 0.6) is 0 Å². The van der Waals surface area contributed by atoms with E-state index in [2.05, 4.69) is 5.10 Å². The molecule has 1 aliphatic heterocycles. The molecule has 2 aliphatic rings. The Kier molecular flexibility index (Phi) is 5.45. The third-order valence-corrected chi connectivity index (χ3v) is 5.88. The summed E-state index contributed by atoms with van der Waals surface area (Å²) in [6.45, 7) is 6.32. The predicted octanol–water partition coefficient (Wildman–Crippen LogP) is 2.29. The summed E-state index contributed by atoms with van der Waals surface area (Å²) < 4.78 is 1.76. The van der Waals surface area contributed by atoms with E-state index < -0.39 is 0 Å². The molecule has 0 radical (unpaired) electrons. The number of hydrogen-bond acceptors (Lipinski definition) is 3. The first-order chi connectivity index (χ1) is 12.0. The van der Waals surface area contributed by atoms with Crippen molar-refractivity contribution in [3.8, 4) is 0 Å².